The molecule has 94 valence electrons. The smallest absolute Gasteiger partial charge is 0.133 e. The van der Waals surface area contributed by atoms with E-state index in [-0.39, 0.29) is 0 Å². The van der Waals surface area contributed by atoms with Gasteiger partial charge >= 0.3 is 0 Å². The van der Waals surface area contributed by atoms with Crippen LogP contribution in [0.1, 0.15) is 19.3 Å². The van der Waals surface area contributed by atoms with Gasteiger partial charge in [-0.2, -0.15) is 0 Å². The molecule has 2 rings (SSSR count). The second kappa shape index (κ2) is 5.82. The van der Waals surface area contributed by atoms with E-state index in [2.05, 4.69) is 20.6 Å². The van der Waals surface area contributed by atoms with Crippen LogP contribution in [0.25, 0.3) is 0 Å². The third-order valence-corrected chi connectivity index (χ3v) is 3.07. The normalized spacial score (nSPS) is 19.3. The van der Waals surface area contributed by atoms with Gasteiger partial charge in [0.2, 0.25) is 0 Å². The topological polar surface area (TPSA) is 53.1 Å². The van der Waals surface area contributed by atoms with Gasteiger partial charge < -0.3 is 15.5 Å². The molecule has 0 aromatic carbocycles. The van der Waals surface area contributed by atoms with Gasteiger partial charge in [0, 0.05) is 32.7 Å². The van der Waals surface area contributed by atoms with Gasteiger partial charge in [-0.15, -0.1) is 0 Å². The highest BCUT2D eigenvalue weighted by Crippen LogP contribution is 2.12. The minimum Gasteiger partial charge on any atom is -0.370 e. The molecule has 5 heteroatoms. The summed E-state index contributed by atoms with van der Waals surface area (Å²) in [7, 11) is 3.96. The first-order valence-corrected chi connectivity index (χ1v) is 6.22. The van der Waals surface area contributed by atoms with Gasteiger partial charge in [-0.25, -0.2) is 9.97 Å². The van der Waals surface area contributed by atoms with Crippen LogP contribution in [0.2, 0.25) is 0 Å². The Labute approximate surface area is 103 Å². The predicted molar refractivity (Wildman–Crippen MR) is 70.5 cm³/mol. The van der Waals surface area contributed by atoms with Crippen molar-refractivity contribution >= 4 is 11.6 Å². The number of aromatic nitrogens is 2. The van der Waals surface area contributed by atoms with E-state index in [0.717, 1.165) is 24.6 Å². The highest BCUT2D eigenvalue weighted by Gasteiger charge is 2.12. The van der Waals surface area contributed by atoms with E-state index in [1.165, 1.54) is 19.4 Å². The van der Waals surface area contributed by atoms with Gasteiger partial charge in [0.25, 0.3) is 0 Å². The highest BCUT2D eigenvalue weighted by molar-refractivity contribution is 5.47. The van der Waals surface area contributed by atoms with Crippen molar-refractivity contribution in [2.24, 2.45) is 0 Å². The quantitative estimate of drug-likeness (QED) is 0.800. The van der Waals surface area contributed by atoms with Crippen LogP contribution in [0.5, 0.6) is 0 Å². The Balaban J connectivity index is 1.79. The van der Waals surface area contributed by atoms with Crippen molar-refractivity contribution in [3.05, 3.63) is 12.4 Å². The molecule has 5 nitrogen and oxygen atoms in total. The molecule has 2 heterocycles. The van der Waals surface area contributed by atoms with Crippen LogP contribution in [-0.2, 0) is 0 Å². The van der Waals surface area contributed by atoms with Crippen molar-refractivity contribution in [3.63, 3.8) is 0 Å². The molecule has 1 aromatic heterocycles. The van der Waals surface area contributed by atoms with Crippen LogP contribution < -0.4 is 15.5 Å². The molecule has 1 fully saturated rings. The third kappa shape index (κ3) is 3.56. The first kappa shape index (κ1) is 12.1. The largest absolute Gasteiger partial charge is 0.370 e. The molecule has 1 unspecified atom stereocenters. The van der Waals surface area contributed by atoms with Crippen LogP contribution in [-0.4, -0.2) is 43.2 Å². The Bertz CT molecular complexity index is 347. The maximum Gasteiger partial charge on any atom is 0.133 e. The van der Waals surface area contributed by atoms with Crippen LogP contribution >= 0.6 is 0 Å². The lowest BCUT2D eigenvalue weighted by atomic mass is 10.1. The molecular weight excluding hydrogens is 214 g/mol. The Morgan fingerprint density at radius 3 is 3.06 bits per heavy atom. The second-order valence-corrected chi connectivity index (χ2v) is 4.66. The summed E-state index contributed by atoms with van der Waals surface area (Å²) in [6.07, 6.45) is 5.37. The van der Waals surface area contributed by atoms with E-state index in [1.54, 1.807) is 6.33 Å². The zero-order valence-corrected chi connectivity index (χ0v) is 10.6. The minimum atomic E-state index is 0.678. The fourth-order valence-corrected chi connectivity index (χ4v) is 2.07. The Morgan fingerprint density at radius 1 is 1.47 bits per heavy atom. The molecule has 2 N–H and O–H groups in total. The van der Waals surface area contributed by atoms with Crippen molar-refractivity contribution in [2.45, 2.75) is 25.3 Å². The summed E-state index contributed by atoms with van der Waals surface area (Å²) in [6, 6.07) is 2.65. The summed E-state index contributed by atoms with van der Waals surface area (Å²) in [5, 5.41) is 6.84. The van der Waals surface area contributed by atoms with Gasteiger partial charge in [0.1, 0.15) is 18.0 Å². The lowest BCUT2D eigenvalue weighted by Crippen LogP contribution is -2.24. The van der Waals surface area contributed by atoms with Crippen LogP contribution in [0.3, 0.4) is 0 Å². The monoisotopic (exact) mass is 235 g/mol. The zero-order chi connectivity index (χ0) is 12.1. The summed E-state index contributed by atoms with van der Waals surface area (Å²) in [4.78, 5) is 10.4. The summed E-state index contributed by atoms with van der Waals surface area (Å²) >= 11 is 0. The van der Waals surface area contributed by atoms with Crippen molar-refractivity contribution in [1.29, 1.82) is 0 Å². The standard InChI is InChI=1S/C12H21N5/c1-17(2)12-8-11(15-9-16-12)14-7-5-10-4-3-6-13-10/h8-10,13H,3-7H2,1-2H3,(H,14,15,16). The van der Waals surface area contributed by atoms with Crippen molar-refractivity contribution in [3.8, 4) is 0 Å². The fourth-order valence-electron chi connectivity index (χ4n) is 2.07. The molecule has 0 spiro atoms. The van der Waals surface area contributed by atoms with Gasteiger partial charge in [0.05, 0.1) is 0 Å². The Morgan fingerprint density at radius 2 is 2.35 bits per heavy atom. The lowest BCUT2D eigenvalue weighted by molar-refractivity contribution is 0.574. The average molecular weight is 235 g/mol. The van der Waals surface area contributed by atoms with Crippen molar-refractivity contribution < 1.29 is 0 Å². The summed E-state index contributed by atoms with van der Waals surface area (Å²) < 4.78 is 0. The van der Waals surface area contributed by atoms with E-state index in [1.807, 2.05) is 25.1 Å². The first-order chi connectivity index (χ1) is 8.25. The molecular formula is C12H21N5. The summed E-state index contributed by atoms with van der Waals surface area (Å²) in [5.41, 5.74) is 0. The zero-order valence-electron chi connectivity index (χ0n) is 10.6. The van der Waals surface area contributed by atoms with Crippen LogP contribution in [0.15, 0.2) is 12.4 Å². The molecule has 1 aliphatic rings. The van der Waals surface area contributed by atoms with Gasteiger partial charge in [-0.3, -0.25) is 0 Å². The molecule has 1 saturated heterocycles. The summed E-state index contributed by atoms with van der Waals surface area (Å²) in [5.74, 6) is 1.84. The summed E-state index contributed by atoms with van der Waals surface area (Å²) in [6.45, 7) is 2.13. The molecule has 17 heavy (non-hydrogen) atoms. The number of hydrogen-bond donors (Lipinski definition) is 2. The van der Waals surface area contributed by atoms with E-state index in [9.17, 15) is 0 Å². The van der Waals surface area contributed by atoms with E-state index in [4.69, 9.17) is 0 Å². The van der Waals surface area contributed by atoms with E-state index in [0.29, 0.717) is 6.04 Å². The fraction of sp³-hybridized carbons (Fsp3) is 0.667. The molecule has 0 radical (unpaired) electrons. The highest BCUT2D eigenvalue weighted by atomic mass is 15.2. The molecule has 1 aromatic rings. The number of anilines is 2. The van der Waals surface area contributed by atoms with Crippen molar-refractivity contribution in [2.75, 3.05) is 37.4 Å². The van der Waals surface area contributed by atoms with E-state index < -0.39 is 0 Å². The Kier molecular flexibility index (Phi) is 4.14. The molecule has 0 amide bonds. The SMILES string of the molecule is CN(C)c1cc(NCCC2CCCN2)ncn1. The molecule has 0 saturated carbocycles. The molecule has 1 aliphatic heterocycles. The average Bonchev–Trinajstić information content (AvgIpc) is 2.82. The number of nitrogens with one attached hydrogen (secondary N) is 2. The number of nitrogens with zero attached hydrogens (tertiary/aromatic N) is 3. The van der Waals surface area contributed by atoms with E-state index >= 15 is 0 Å². The lowest BCUT2D eigenvalue weighted by Gasteiger charge is -2.13. The molecule has 1 atom stereocenters. The molecule has 0 bridgehead atoms. The maximum atomic E-state index is 4.22. The van der Waals surface area contributed by atoms with Crippen molar-refractivity contribution in [1.82, 2.24) is 15.3 Å². The molecule has 0 aliphatic carbocycles. The second-order valence-electron chi connectivity index (χ2n) is 4.66. The van der Waals surface area contributed by atoms with Crippen LogP contribution in [0, 0.1) is 0 Å². The maximum absolute atomic E-state index is 4.22. The van der Waals surface area contributed by atoms with Crippen LogP contribution in [0.4, 0.5) is 11.6 Å². The predicted octanol–water partition coefficient (Wildman–Crippen LogP) is 1.10. The first-order valence-electron chi connectivity index (χ1n) is 6.22. The van der Waals surface area contributed by atoms with Gasteiger partial charge in [-0.1, -0.05) is 0 Å². The Hall–Kier alpha value is -1.36. The number of hydrogen-bond acceptors (Lipinski definition) is 5. The van der Waals surface area contributed by atoms with Gasteiger partial charge in [0.15, 0.2) is 0 Å². The van der Waals surface area contributed by atoms with Gasteiger partial charge in [-0.05, 0) is 25.8 Å². The minimum absolute atomic E-state index is 0.678. The number of rotatable bonds is 5. The third-order valence-electron chi connectivity index (χ3n) is 3.07.